The van der Waals surface area contributed by atoms with E-state index in [0.29, 0.717) is 5.56 Å². The molecule has 0 spiro atoms. The third kappa shape index (κ3) is 4.78. The van der Waals surface area contributed by atoms with Crippen LogP contribution in [-0.2, 0) is 6.18 Å². The Kier molecular flexibility index (Phi) is 4.77. The molecule has 0 fully saturated rings. The summed E-state index contributed by atoms with van der Waals surface area (Å²) < 4.78 is 37.0. The number of aliphatic hydroxyl groups is 1. The Morgan fingerprint density at radius 2 is 1.84 bits per heavy atom. The summed E-state index contributed by atoms with van der Waals surface area (Å²) in [5.41, 5.74) is -0.479. The summed E-state index contributed by atoms with van der Waals surface area (Å²) in [5.74, 6) is 0. The molecule has 106 valence electrons. The number of nitrogens with one attached hydrogen (secondary N) is 1. The predicted molar refractivity (Wildman–Crippen MR) is 61.6 cm³/mol. The van der Waals surface area contributed by atoms with Crippen molar-refractivity contribution in [1.82, 2.24) is 5.32 Å². The summed E-state index contributed by atoms with van der Waals surface area (Å²) in [7, 11) is 0. The van der Waals surface area contributed by atoms with Crippen LogP contribution in [0, 0.1) is 0 Å². The lowest BCUT2D eigenvalue weighted by Crippen LogP contribution is -2.32. The molecule has 19 heavy (non-hydrogen) atoms. The molecule has 0 heterocycles. The van der Waals surface area contributed by atoms with Crippen LogP contribution in [-0.4, -0.2) is 22.3 Å². The normalized spacial score (nSPS) is 14.8. The van der Waals surface area contributed by atoms with Crippen molar-refractivity contribution in [3.63, 3.8) is 0 Å². The molecule has 4 nitrogen and oxygen atoms in total. The Morgan fingerprint density at radius 3 is 2.26 bits per heavy atom. The second-order valence-electron chi connectivity index (χ2n) is 4.22. The number of benzene rings is 1. The van der Waals surface area contributed by atoms with E-state index in [1.54, 1.807) is 6.92 Å². The fourth-order valence-corrected chi connectivity index (χ4v) is 1.63. The van der Waals surface area contributed by atoms with Crippen LogP contribution in [0.1, 0.15) is 30.6 Å². The van der Waals surface area contributed by atoms with Crippen LogP contribution >= 0.6 is 0 Å². The molecule has 1 aromatic carbocycles. The quantitative estimate of drug-likeness (QED) is 0.792. The summed E-state index contributed by atoms with van der Waals surface area (Å²) >= 11 is 0. The van der Waals surface area contributed by atoms with Gasteiger partial charge in [-0.25, -0.2) is 4.79 Å². The van der Waals surface area contributed by atoms with Gasteiger partial charge >= 0.3 is 12.3 Å². The zero-order valence-electron chi connectivity index (χ0n) is 10.1. The minimum absolute atomic E-state index is 0.0810. The lowest BCUT2D eigenvalue weighted by atomic mass is 10.0. The fraction of sp³-hybridized carbons (Fsp3) is 0.417. The SMILES string of the molecule is CC(CC(O)c1ccc(C(F)(F)F)cc1)NC(=O)O. The van der Waals surface area contributed by atoms with E-state index in [-0.39, 0.29) is 6.42 Å². The largest absolute Gasteiger partial charge is 0.465 e. The van der Waals surface area contributed by atoms with Crippen LogP contribution in [0.15, 0.2) is 24.3 Å². The standard InChI is InChI=1S/C12H14F3NO3/c1-7(16-11(18)19)6-10(17)8-2-4-9(5-3-8)12(13,14)15/h2-5,7,10,16-17H,6H2,1H3,(H,18,19). The predicted octanol–water partition coefficient (Wildman–Crippen LogP) is 2.79. The minimum atomic E-state index is -4.42. The van der Waals surface area contributed by atoms with Crippen molar-refractivity contribution >= 4 is 6.09 Å². The van der Waals surface area contributed by atoms with Crippen LogP contribution in [0.25, 0.3) is 0 Å². The highest BCUT2D eigenvalue weighted by molar-refractivity contribution is 5.64. The first-order valence-electron chi connectivity index (χ1n) is 5.55. The highest BCUT2D eigenvalue weighted by atomic mass is 19.4. The van der Waals surface area contributed by atoms with Crippen molar-refractivity contribution in [1.29, 1.82) is 0 Å². The Labute approximate surface area is 107 Å². The summed E-state index contributed by atoms with van der Waals surface area (Å²) in [4.78, 5) is 10.4. The van der Waals surface area contributed by atoms with E-state index >= 15 is 0 Å². The highest BCUT2D eigenvalue weighted by Gasteiger charge is 2.30. The molecule has 2 unspecified atom stereocenters. The van der Waals surface area contributed by atoms with Crippen molar-refractivity contribution in [2.24, 2.45) is 0 Å². The maximum atomic E-state index is 12.3. The topological polar surface area (TPSA) is 69.6 Å². The van der Waals surface area contributed by atoms with E-state index in [4.69, 9.17) is 5.11 Å². The third-order valence-corrected chi connectivity index (χ3v) is 2.57. The highest BCUT2D eigenvalue weighted by Crippen LogP contribution is 2.30. The van der Waals surface area contributed by atoms with Gasteiger partial charge in [0.1, 0.15) is 0 Å². The number of hydrogen-bond donors (Lipinski definition) is 3. The molecule has 1 aromatic rings. The molecule has 0 aliphatic heterocycles. The first-order valence-corrected chi connectivity index (χ1v) is 5.55. The van der Waals surface area contributed by atoms with Gasteiger partial charge < -0.3 is 15.5 Å². The maximum Gasteiger partial charge on any atom is 0.416 e. The molecule has 3 N–H and O–H groups in total. The number of amides is 1. The molecule has 0 radical (unpaired) electrons. The van der Waals surface area contributed by atoms with Gasteiger partial charge in [-0.2, -0.15) is 13.2 Å². The van der Waals surface area contributed by atoms with Gasteiger partial charge in [0.25, 0.3) is 0 Å². The van der Waals surface area contributed by atoms with Crippen molar-refractivity contribution < 1.29 is 28.2 Å². The molecule has 1 rings (SSSR count). The zero-order chi connectivity index (χ0) is 14.6. The number of carbonyl (C=O) groups is 1. The average molecular weight is 277 g/mol. The summed E-state index contributed by atoms with van der Waals surface area (Å²) in [6, 6.07) is 3.62. The molecule has 7 heteroatoms. The van der Waals surface area contributed by atoms with Crippen molar-refractivity contribution in [3.8, 4) is 0 Å². The zero-order valence-corrected chi connectivity index (χ0v) is 10.1. The summed E-state index contributed by atoms with van der Waals surface area (Å²) in [6.45, 7) is 1.56. The van der Waals surface area contributed by atoms with Gasteiger partial charge in [0.2, 0.25) is 0 Å². The monoisotopic (exact) mass is 277 g/mol. The number of alkyl halides is 3. The summed E-state index contributed by atoms with van der Waals surface area (Å²) in [6.07, 6.45) is -6.57. The molecule has 0 saturated heterocycles. The lowest BCUT2D eigenvalue weighted by Gasteiger charge is -2.17. The van der Waals surface area contributed by atoms with Gasteiger partial charge in [0.05, 0.1) is 11.7 Å². The van der Waals surface area contributed by atoms with Crippen LogP contribution in [0.5, 0.6) is 0 Å². The second-order valence-corrected chi connectivity index (χ2v) is 4.22. The Morgan fingerprint density at radius 1 is 1.32 bits per heavy atom. The van der Waals surface area contributed by atoms with Crippen molar-refractivity contribution in [2.75, 3.05) is 0 Å². The Balaban J connectivity index is 2.68. The first-order chi connectivity index (χ1) is 8.70. The van der Waals surface area contributed by atoms with Crippen LogP contribution in [0.3, 0.4) is 0 Å². The molecule has 2 atom stereocenters. The van der Waals surface area contributed by atoms with E-state index in [0.717, 1.165) is 12.1 Å². The van der Waals surface area contributed by atoms with E-state index in [1.165, 1.54) is 12.1 Å². The number of hydrogen-bond acceptors (Lipinski definition) is 2. The molecule has 0 saturated carbocycles. The van der Waals surface area contributed by atoms with Crippen molar-refractivity contribution in [2.45, 2.75) is 31.7 Å². The van der Waals surface area contributed by atoms with Crippen LogP contribution < -0.4 is 5.32 Å². The molecule has 0 bridgehead atoms. The van der Waals surface area contributed by atoms with E-state index in [9.17, 15) is 23.1 Å². The Hall–Kier alpha value is -1.76. The molecule has 0 aliphatic rings. The maximum absolute atomic E-state index is 12.3. The second kappa shape index (κ2) is 5.92. The van der Waals surface area contributed by atoms with Crippen LogP contribution in [0.2, 0.25) is 0 Å². The number of rotatable bonds is 4. The number of halogens is 3. The van der Waals surface area contributed by atoms with E-state index in [1.807, 2.05) is 0 Å². The Bertz CT molecular complexity index is 431. The third-order valence-electron chi connectivity index (χ3n) is 2.57. The average Bonchev–Trinajstić information content (AvgIpc) is 2.26. The molecular formula is C12H14F3NO3. The van der Waals surface area contributed by atoms with Crippen molar-refractivity contribution in [3.05, 3.63) is 35.4 Å². The number of aliphatic hydroxyl groups excluding tert-OH is 1. The van der Waals surface area contributed by atoms with Crippen LogP contribution in [0.4, 0.5) is 18.0 Å². The minimum Gasteiger partial charge on any atom is -0.465 e. The molecular weight excluding hydrogens is 263 g/mol. The van der Waals surface area contributed by atoms with E-state index in [2.05, 4.69) is 5.32 Å². The van der Waals surface area contributed by atoms with Gasteiger partial charge in [0, 0.05) is 6.04 Å². The first kappa shape index (κ1) is 15.3. The van der Waals surface area contributed by atoms with E-state index < -0.39 is 30.0 Å². The van der Waals surface area contributed by atoms with Gasteiger partial charge in [-0.15, -0.1) is 0 Å². The summed E-state index contributed by atoms with van der Waals surface area (Å²) in [5, 5.41) is 20.4. The molecule has 0 aliphatic carbocycles. The van der Waals surface area contributed by atoms with Gasteiger partial charge in [0.15, 0.2) is 0 Å². The van der Waals surface area contributed by atoms with Gasteiger partial charge in [-0.3, -0.25) is 0 Å². The fourth-order valence-electron chi connectivity index (χ4n) is 1.63. The lowest BCUT2D eigenvalue weighted by molar-refractivity contribution is -0.137. The smallest absolute Gasteiger partial charge is 0.416 e. The van der Waals surface area contributed by atoms with Gasteiger partial charge in [-0.1, -0.05) is 12.1 Å². The molecule has 1 amide bonds. The van der Waals surface area contributed by atoms with Gasteiger partial charge in [-0.05, 0) is 31.0 Å². The molecule has 0 aromatic heterocycles. The number of carboxylic acid groups (broad SMARTS) is 1.